The number of pyridine rings is 1. The number of sulfonamides is 1. The molecule has 0 bridgehead atoms. The Morgan fingerprint density at radius 2 is 1.56 bits per heavy atom. The quantitative estimate of drug-likeness (QED) is 0.609. The standard InChI is InChI=1S/C20H16N2O2S/c23-25(24,19-11-10-15-5-1-2-6-17(15)13-19)22-14-18-8-3-7-16-9-4-12-21-20(16)18/h1-13,22H,14H2. The molecule has 25 heavy (non-hydrogen) atoms. The highest BCUT2D eigenvalue weighted by atomic mass is 32.2. The van der Waals surface area contributed by atoms with Crippen molar-refractivity contribution in [3.63, 3.8) is 0 Å². The summed E-state index contributed by atoms with van der Waals surface area (Å²) in [6.07, 6.45) is 1.71. The summed E-state index contributed by atoms with van der Waals surface area (Å²) in [5.74, 6) is 0. The molecule has 0 aliphatic heterocycles. The Kier molecular flexibility index (Phi) is 3.95. The Morgan fingerprint density at radius 3 is 2.44 bits per heavy atom. The van der Waals surface area contributed by atoms with Crippen LogP contribution in [0.3, 0.4) is 0 Å². The summed E-state index contributed by atoms with van der Waals surface area (Å²) in [5.41, 5.74) is 1.66. The van der Waals surface area contributed by atoms with E-state index in [1.54, 1.807) is 18.3 Å². The molecule has 4 aromatic rings. The number of nitrogens with zero attached hydrogens (tertiary/aromatic N) is 1. The van der Waals surface area contributed by atoms with Gasteiger partial charge in [-0.05, 0) is 34.5 Å². The molecule has 4 rings (SSSR count). The first-order chi connectivity index (χ1) is 12.1. The van der Waals surface area contributed by atoms with Gasteiger partial charge in [-0.15, -0.1) is 0 Å². The van der Waals surface area contributed by atoms with Crippen molar-refractivity contribution in [3.05, 3.63) is 84.6 Å². The predicted molar refractivity (Wildman–Crippen MR) is 99.7 cm³/mol. The molecule has 0 aliphatic carbocycles. The van der Waals surface area contributed by atoms with E-state index in [9.17, 15) is 8.42 Å². The van der Waals surface area contributed by atoms with E-state index in [0.29, 0.717) is 0 Å². The molecule has 0 atom stereocenters. The van der Waals surface area contributed by atoms with E-state index in [-0.39, 0.29) is 11.4 Å². The zero-order chi connectivity index (χ0) is 17.3. The number of hydrogen-bond acceptors (Lipinski definition) is 3. The Hall–Kier alpha value is -2.76. The van der Waals surface area contributed by atoms with E-state index < -0.39 is 10.0 Å². The van der Waals surface area contributed by atoms with Gasteiger partial charge in [-0.1, -0.05) is 54.6 Å². The Balaban J connectivity index is 1.64. The summed E-state index contributed by atoms with van der Waals surface area (Å²) in [7, 11) is -3.60. The second-order valence-electron chi connectivity index (χ2n) is 5.83. The maximum absolute atomic E-state index is 12.7. The van der Waals surface area contributed by atoms with Crippen LogP contribution in [0.5, 0.6) is 0 Å². The molecule has 0 fully saturated rings. The van der Waals surface area contributed by atoms with Gasteiger partial charge in [0.25, 0.3) is 0 Å². The lowest BCUT2D eigenvalue weighted by Crippen LogP contribution is -2.23. The molecule has 5 heteroatoms. The molecule has 0 radical (unpaired) electrons. The maximum Gasteiger partial charge on any atom is 0.240 e. The third kappa shape index (κ3) is 3.12. The third-order valence-electron chi connectivity index (χ3n) is 4.20. The largest absolute Gasteiger partial charge is 0.256 e. The van der Waals surface area contributed by atoms with E-state index in [2.05, 4.69) is 9.71 Å². The summed E-state index contributed by atoms with van der Waals surface area (Å²) in [5, 5.41) is 2.90. The van der Waals surface area contributed by atoms with Gasteiger partial charge in [0.05, 0.1) is 10.4 Å². The zero-order valence-corrected chi connectivity index (χ0v) is 14.2. The third-order valence-corrected chi connectivity index (χ3v) is 5.60. The van der Waals surface area contributed by atoms with E-state index in [1.807, 2.05) is 60.7 Å². The highest BCUT2D eigenvalue weighted by molar-refractivity contribution is 7.89. The lowest BCUT2D eigenvalue weighted by molar-refractivity contribution is 0.581. The summed E-state index contributed by atoms with van der Waals surface area (Å²) in [4.78, 5) is 4.62. The van der Waals surface area contributed by atoms with Crippen LogP contribution in [0.4, 0.5) is 0 Å². The first-order valence-electron chi connectivity index (χ1n) is 7.95. The molecule has 1 N–H and O–H groups in total. The Morgan fingerprint density at radius 1 is 0.800 bits per heavy atom. The molecule has 0 saturated heterocycles. The fourth-order valence-electron chi connectivity index (χ4n) is 2.90. The minimum Gasteiger partial charge on any atom is -0.256 e. The molecule has 3 aromatic carbocycles. The first-order valence-corrected chi connectivity index (χ1v) is 9.43. The normalized spacial score (nSPS) is 11.8. The Bertz CT molecular complexity index is 1170. The van der Waals surface area contributed by atoms with Gasteiger partial charge in [-0.25, -0.2) is 13.1 Å². The van der Waals surface area contributed by atoms with Crippen LogP contribution in [0.15, 0.2) is 83.9 Å². The van der Waals surface area contributed by atoms with Crippen molar-refractivity contribution in [2.24, 2.45) is 0 Å². The fourth-order valence-corrected chi connectivity index (χ4v) is 3.94. The van der Waals surface area contributed by atoms with E-state index in [1.165, 1.54) is 0 Å². The molecule has 0 unspecified atom stereocenters. The van der Waals surface area contributed by atoms with Crippen molar-refractivity contribution in [1.82, 2.24) is 9.71 Å². The summed E-state index contributed by atoms with van der Waals surface area (Å²) >= 11 is 0. The van der Waals surface area contributed by atoms with Crippen LogP contribution in [0.2, 0.25) is 0 Å². The molecule has 0 saturated carbocycles. The second kappa shape index (κ2) is 6.27. The summed E-state index contributed by atoms with van der Waals surface area (Å²) < 4.78 is 28.0. The number of hydrogen-bond donors (Lipinski definition) is 1. The molecule has 0 spiro atoms. The highest BCUT2D eigenvalue weighted by Gasteiger charge is 2.15. The van der Waals surface area contributed by atoms with Crippen LogP contribution >= 0.6 is 0 Å². The van der Waals surface area contributed by atoms with Gasteiger partial charge < -0.3 is 0 Å². The monoisotopic (exact) mass is 348 g/mol. The van der Waals surface area contributed by atoms with Gasteiger partial charge in [0.2, 0.25) is 10.0 Å². The SMILES string of the molecule is O=S(=O)(NCc1cccc2cccnc12)c1ccc2ccccc2c1. The average Bonchev–Trinajstić information content (AvgIpc) is 2.66. The molecule has 4 nitrogen and oxygen atoms in total. The highest BCUT2D eigenvalue weighted by Crippen LogP contribution is 2.20. The lowest BCUT2D eigenvalue weighted by atomic mass is 10.1. The minimum absolute atomic E-state index is 0.198. The Labute approximate surface area is 146 Å². The van der Waals surface area contributed by atoms with Crippen LogP contribution in [-0.4, -0.2) is 13.4 Å². The number of fused-ring (bicyclic) bond motifs is 2. The minimum atomic E-state index is -3.60. The maximum atomic E-state index is 12.7. The zero-order valence-electron chi connectivity index (χ0n) is 13.4. The van der Waals surface area contributed by atoms with Crippen molar-refractivity contribution >= 4 is 31.7 Å². The van der Waals surface area contributed by atoms with Crippen LogP contribution < -0.4 is 4.72 Å². The molecular formula is C20H16N2O2S. The van der Waals surface area contributed by atoms with Crippen LogP contribution in [0, 0.1) is 0 Å². The van der Waals surface area contributed by atoms with E-state index >= 15 is 0 Å². The number of benzene rings is 3. The van der Waals surface area contributed by atoms with E-state index in [4.69, 9.17) is 0 Å². The number of aromatic nitrogens is 1. The van der Waals surface area contributed by atoms with Crippen molar-refractivity contribution in [3.8, 4) is 0 Å². The van der Waals surface area contributed by atoms with Gasteiger partial charge in [-0.2, -0.15) is 0 Å². The lowest BCUT2D eigenvalue weighted by Gasteiger charge is -2.09. The van der Waals surface area contributed by atoms with Crippen LogP contribution in [-0.2, 0) is 16.6 Å². The summed E-state index contributed by atoms with van der Waals surface area (Å²) in [6.45, 7) is 0.198. The van der Waals surface area contributed by atoms with Crippen LogP contribution in [0.1, 0.15) is 5.56 Å². The number of rotatable bonds is 4. The van der Waals surface area contributed by atoms with Gasteiger partial charge in [0.15, 0.2) is 0 Å². The first kappa shape index (κ1) is 15.7. The smallest absolute Gasteiger partial charge is 0.240 e. The van der Waals surface area contributed by atoms with Crippen LogP contribution in [0.25, 0.3) is 21.7 Å². The molecule has 1 aromatic heterocycles. The van der Waals surface area contributed by atoms with E-state index in [0.717, 1.165) is 27.2 Å². The molecule has 1 heterocycles. The fraction of sp³-hybridized carbons (Fsp3) is 0.0500. The van der Waals surface area contributed by atoms with Crippen molar-refractivity contribution < 1.29 is 8.42 Å². The van der Waals surface area contributed by atoms with Crippen molar-refractivity contribution in [2.45, 2.75) is 11.4 Å². The molecule has 0 aliphatic rings. The molecular weight excluding hydrogens is 332 g/mol. The van der Waals surface area contributed by atoms with Crippen molar-refractivity contribution in [2.75, 3.05) is 0 Å². The van der Waals surface area contributed by atoms with Crippen molar-refractivity contribution in [1.29, 1.82) is 0 Å². The second-order valence-corrected chi connectivity index (χ2v) is 7.59. The van der Waals surface area contributed by atoms with Gasteiger partial charge in [-0.3, -0.25) is 4.98 Å². The number of para-hydroxylation sites is 1. The van der Waals surface area contributed by atoms with Gasteiger partial charge >= 0.3 is 0 Å². The topological polar surface area (TPSA) is 59.1 Å². The van der Waals surface area contributed by atoms with Gasteiger partial charge in [0, 0.05) is 18.1 Å². The average molecular weight is 348 g/mol. The molecule has 124 valence electrons. The summed E-state index contributed by atoms with van der Waals surface area (Å²) in [6, 6.07) is 22.4. The van der Waals surface area contributed by atoms with Gasteiger partial charge in [0.1, 0.15) is 0 Å². The predicted octanol–water partition coefficient (Wildman–Crippen LogP) is 3.87. The molecule has 0 amide bonds. The number of nitrogens with one attached hydrogen (secondary N) is 1.